The molecule has 0 saturated carbocycles. The van der Waals surface area contributed by atoms with Crippen molar-refractivity contribution in [3.8, 4) is 0 Å². The van der Waals surface area contributed by atoms with Crippen molar-refractivity contribution in [2.75, 3.05) is 11.9 Å². The van der Waals surface area contributed by atoms with Crippen molar-refractivity contribution in [1.82, 2.24) is 24.1 Å². The van der Waals surface area contributed by atoms with Crippen LogP contribution in [0.15, 0.2) is 47.8 Å². The van der Waals surface area contributed by atoms with Crippen LogP contribution in [0, 0.1) is 12.7 Å². The van der Waals surface area contributed by atoms with Gasteiger partial charge in [-0.15, -0.1) is 0 Å². The van der Waals surface area contributed by atoms with Gasteiger partial charge in [-0.05, 0) is 44.0 Å². The smallest absolute Gasteiger partial charge is 0.259 e. The highest BCUT2D eigenvalue weighted by atomic mass is 32.2. The molecule has 0 bridgehead atoms. The number of nitrogens with one attached hydrogen (secondary N) is 1. The molecule has 0 spiro atoms. The lowest BCUT2D eigenvalue weighted by atomic mass is 10.2. The van der Waals surface area contributed by atoms with Crippen molar-refractivity contribution in [2.24, 2.45) is 7.05 Å². The number of aromatic nitrogens is 4. The standard InChI is InChI=1S/C20H21FN6O3S/c1-13-17(20(28)25-15-7-5-14(21)6-8-15)11-22-19(24-13)18-4-3-9-27(18)31(29,30)16-10-23-26(2)12-16/h5-8,10-12,18H,3-4,9H2,1-2H3,(H,25,28)/t18-/m0/s1. The summed E-state index contributed by atoms with van der Waals surface area (Å²) in [4.78, 5) is 21.4. The molecular formula is C20H21FN6O3S. The van der Waals surface area contributed by atoms with E-state index in [-0.39, 0.29) is 10.5 Å². The first-order valence-electron chi connectivity index (χ1n) is 9.66. The van der Waals surface area contributed by atoms with Gasteiger partial charge < -0.3 is 5.32 Å². The molecule has 2 aromatic heterocycles. The number of carbonyl (C=O) groups is 1. The van der Waals surface area contributed by atoms with Gasteiger partial charge in [0.25, 0.3) is 5.91 Å². The fraction of sp³-hybridized carbons (Fsp3) is 0.300. The predicted octanol–water partition coefficient (Wildman–Crippen LogP) is 2.44. The average Bonchev–Trinajstić information content (AvgIpc) is 3.39. The summed E-state index contributed by atoms with van der Waals surface area (Å²) in [5.41, 5.74) is 1.13. The Labute approximate surface area is 179 Å². The molecule has 1 fully saturated rings. The van der Waals surface area contributed by atoms with Crippen LogP contribution in [0.2, 0.25) is 0 Å². The van der Waals surface area contributed by atoms with Crippen molar-refractivity contribution in [1.29, 1.82) is 0 Å². The van der Waals surface area contributed by atoms with Crippen LogP contribution in [-0.4, -0.2) is 44.9 Å². The molecule has 9 nitrogen and oxygen atoms in total. The summed E-state index contributed by atoms with van der Waals surface area (Å²) >= 11 is 0. The van der Waals surface area contributed by atoms with Crippen molar-refractivity contribution in [3.63, 3.8) is 0 Å². The van der Waals surface area contributed by atoms with E-state index in [1.165, 1.54) is 51.8 Å². The first kappa shape index (κ1) is 21.1. The topological polar surface area (TPSA) is 110 Å². The summed E-state index contributed by atoms with van der Waals surface area (Å²) in [7, 11) is -2.08. The quantitative estimate of drug-likeness (QED) is 0.647. The normalized spacial score (nSPS) is 17.1. The molecule has 31 heavy (non-hydrogen) atoms. The van der Waals surface area contributed by atoms with Gasteiger partial charge in [-0.3, -0.25) is 9.48 Å². The molecule has 1 atom stereocenters. The number of hydrogen-bond donors (Lipinski definition) is 1. The zero-order chi connectivity index (χ0) is 22.2. The Kier molecular flexibility index (Phi) is 5.54. The van der Waals surface area contributed by atoms with Crippen LogP contribution in [-0.2, 0) is 17.1 Å². The van der Waals surface area contributed by atoms with Crippen molar-refractivity contribution in [3.05, 3.63) is 65.8 Å². The Morgan fingerprint density at radius 1 is 1.23 bits per heavy atom. The van der Waals surface area contributed by atoms with Gasteiger partial charge >= 0.3 is 0 Å². The van der Waals surface area contributed by atoms with E-state index >= 15 is 0 Å². The Morgan fingerprint density at radius 2 is 1.97 bits per heavy atom. The van der Waals surface area contributed by atoms with E-state index in [0.29, 0.717) is 36.6 Å². The van der Waals surface area contributed by atoms with E-state index in [1.54, 1.807) is 14.0 Å². The Bertz CT molecular complexity index is 1230. The van der Waals surface area contributed by atoms with E-state index < -0.39 is 27.8 Å². The molecule has 1 aliphatic rings. The zero-order valence-corrected chi connectivity index (χ0v) is 17.8. The fourth-order valence-corrected chi connectivity index (χ4v) is 5.19. The minimum Gasteiger partial charge on any atom is -0.322 e. The predicted molar refractivity (Wildman–Crippen MR) is 110 cm³/mol. The number of rotatable bonds is 5. The molecule has 1 aliphatic heterocycles. The van der Waals surface area contributed by atoms with E-state index in [4.69, 9.17) is 0 Å². The molecule has 3 aromatic rings. The number of benzene rings is 1. The lowest BCUT2D eigenvalue weighted by Crippen LogP contribution is -2.31. The molecular weight excluding hydrogens is 423 g/mol. The highest BCUT2D eigenvalue weighted by Crippen LogP contribution is 2.35. The second-order valence-electron chi connectivity index (χ2n) is 7.31. The van der Waals surface area contributed by atoms with Crippen LogP contribution >= 0.6 is 0 Å². The van der Waals surface area contributed by atoms with Gasteiger partial charge in [0.1, 0.15) is 16.5 Å². The maximum atomic E-state index is 13.0. The third-order valence-electron chi connectivity index (χ3n) is 5.13. The molecule has 3 heterocycles. The van der Waals surface area contributed by atoms with Crippen molar-refractivity contribution < 1.29 is 17.6 Å². The zero-order valence-electron chi connectivity index (χ0n) is 17.0. The van der Waals surface area contributed by atoms with E-state index in [0.717, 1.165) is 0 Å². The lowest BCUT2D eigenvalue weighted by molar-refractivity contribution is 0.102. The number of carbonyl (C=O) groups excluding carboxylic acids is 1. The molecule has 0 unspecified atom stereocenters. The number of halogens is 1. The second kappa shape index (κ2) is 8.16. The van der Waals surface area contributed by atoms with E-state index in [2.05, 4.69) is 20.4 Å². The molecule has 0 aliphatic carbocycles. The van der Waals surface area contributed by atoms with Crippen LogP contribution in [0.3, 0.4) is 0 Å². The third kappa shape index (κ3) is 4.19. The minimum absolute atomic E-state index is 0.119. The van der Waals surface area contributed by atoms with Gasteiger partial charge in [0.15, 0.2) is 0 Å². The number of amides is 1. The first-order chi connectivity index (χ1) is 14.8. The Balaban J connectivity index is 1.57. The van der Waals surface area contributed by atoms with Crippen molar-refractivity contribution in [2.45, 2.75) is 30.7 Å². The highest BCUT2D eigenvalue weighted by molar-refractivity contribution is 7.89. The van der Waals surface area contributed by atoms with Gasteiger partial charge in [0, 0.05) is 31.7 Å². The number of anilines is 1. The van der Waals surface area contributed by atoms with Gasteiger partial charge in [-0.1, -0.05) is 0 Å². The Hall–Kier alpha value is -3.18. The number of aryl methyl sites for hydroxylation is 2. The minimum atomic E-state index is -3.74. The highest BCUT2D eigenvalue weighted by Gasteiger charge is 2.38. The van der Waals surface area contributed by atoms with Crippen LogP contribution in [0.4, 0.5) is 10.1 Å². The van der Waals surface area contributed by atoms with Crippen molar-refractivity contribution >= 4 is 21.6 Å². The maximum Gasteiger partial charge on any atom is 0.259 e. The summed E-state index contributed by atoms with van der Waals surface area (Å²) < 4.78 is 42.0. The second-order valence-corrected chi connectivity index (χ2v) is 9.20. The number of hydrogen-bond acceptors (Lipinski definition) is 6. The molecule has 4 rings (SSSR count). The molecule has 1 saturated heterocycles. The molecule has 0 radical (unpaired) electrons. The maximum absolute atomic E-state index is 13.0. The summed E-state index contributed by atoms with van der Waals surface area (Å²) in [6.07, 6.45) is 5.43. The van der Waals surface area contributed by atoms with Gasteiger partial charge in [-0.2, -0.15) is 9.40 Å². The summed E-state index contributed by atoms with van der Waals surface area (Å²) in [6.45, 7) is 2.02. The summed E-state index contributed by atoms with van der Waals surface area (Å²) in [5.74, 6) is -0.480. The first-order valence-corrected chi connectivity index (χ1v) is 11.1. The van der Waals surface area contributed by atoms with Crippen LogP contribution in [0.25, 0.3) is 0 Å². The van der Waals surface area contributed by atoms with Gasteiger partial charge in [0.2, 0.25) is 10.0 Å². The average molecular weight is 444 g/mol. The number of nitrogens with zero attached hydrogens (tertiary/aromatic N) is 5. The van der Waals surface area contributed by atoms with Crippen LogP contribution in [0.1, 0.15) is 40.8 Å². The summed E-state index contributed by atoms with van der Waals surface area (Å²) in [5, 5.41) is 6.62. The lowest BCUT2D eigenvalue weighted by Gasteiger charge is -2.22. The largest absolute Gasteiger partial charge is 0.322 e. The fourth-order valence-electron chi connectivity index (χ4n) is 3.55. The molecule has 1 N–H and O–H groups in total. The molecule has 162 valence electrons. The van der Waals surface area contributed by atoms with Gasteiger partial charge in [-0.25, -0.2) is 22.8 Å². The Morgan fingerprint density at radius 3 is 2.61 bits per heavy atom. The van der Waals surface area contributed by atoms with Crippen LogP contribution < -0.4 is 5.32 Å². The molecule has 1 amide bonds. The molecule has 1 aromatic carbocycles. The van der Waals surface area contributed by atoms with E-state index in [1.807, 2.05) is 0 Å². The molecule has 11 heteroatoms. The monoisotopic (exact) mass is 444 g/mol. The summed E-state index contributed by atoms with van der Waals surface area (Å²) in [6, 6.07) is 4.89. The SMILES string of the molecule is Cc1nc([C@@H]2CCCN2S(=O)(=O)c2cnn(C)c2)ncc1C(=O)Nc1ccc(F)cc1. The van der Waals surface area contributed by atoms with E-state index in [9.17, 15) is 17.6 Å². The third-order valence-corrected chi connectivity index (χ3v) is 7.00. The number of sulfonamides is 1. The van der Waals surface area contributed by atoms with Gasteiger partial charge in [0.05, 0.1) is 23.5 Å². The van der Waals surface area contributed by atoms with Crippen LogP contribution in [0.5, 0.6) is 0 Å².